The predicted octanol–water partition coefficient (Wildman–Crippen LogP) is 3.28. The van der Waals surface area contributed by atoms with E-state index in [1.807, 2.05) is 37.3 Å². The molecular formula is C25H26N2O5S. The van der Waals surface area contributed by atoms with Gasteiger partial charge in [-0.15, -0.1) is 0 Å². The predicted molar refractivity (Wildman–Crippen MR) is 126 cm³/mol. The first kappa shape index (κ1) is 22.8. The van der Waals surface area contributed by atoms with Gasteiger partial charge in [0.2, 0.25) is 0 Å². The first-order valence-electron chi connectivity index (χ1n) is 10.7. The zero-order valence-corrected chi connectivity index (χ0v) is 19.1. The second-order valence-corrected chi connectivity index (χ2v) is 9.61. The van der Waals surface area contributed by atoms with Crippen molar-refractivity contribution >= 4 is 21.6 Å². The molecule has 1 aliphatic heterocycles. The summed E-state index contributed by atoms with van der Waals surface area (Å²) in [5, 5.41) is 2.78. The van der Waals surface area contributed by atoms with Gasteiger partial charge in [0.15, 0.2) is 6.10 Å². The van der Waals surface area contributed by atoms with Crippen molar-refractivity contribution in [2.24, 2.45) is 0 Å². The van der Waals surface area contributed by atoms with Crippen LogP contribution in [0.4, 0.5) is 5.69 Å². The fourth-order valence-corrected chi connectivity index (χ4v) is 5.00. The molecule has 1 N–H and O–H groups in total. The summed E-state index contributed by atoms with van der Waals surface area (Å²) >= 11 is 0. The highest BCUT2D eigenvalue weighted by atomic mass is 32.2. The van der Waals surface area contributed by atoms with Crippen LogP contribution in [0, 0.1) is 6.92 Å². The average molecular weight is 467 g/mol. The minimum absolute atomic E-state index is 0.121. The van der Waals surface area contributed by atoms with E-state index in [0.29, 0.717) is 24.7 Å². The second kappa shape index (κ2) is 10.1. The number of carbonyl (C=O) groups excluding carboxylic acids is 1. The fourth-order valence-electron chi connectivity index (χ4n) is 3.53. The monoisotopic (exact) mass is 466 g/mol. The number of rotatable bonds is 8. The largest absolute Gasteiger partial charge is 0.476 e. The molecule has 8 heteroatoms. The van der Waals surface area contributed by atoms with Crippen molar-refractivity contribution < 1.29 is 22.7 Å². The number of sulfonamides is 1. The number of ether oxygens (including phenoxy) is 2. The van der Waals surface area contributed by atoms with Crippen LogP contribution in [0.25, 0.3) is 0 Å². The Hall–Kier alpha value is -3.36. The Labute approximate surface area is 194 Å². The van der Waals surface area contributed by atoms with Gasteiger partial charge in [-0.3, -0.25) is 9.10 Å². The molecule has 1 amide bonds. The topological polar surface area (TPSA) is 84.9 Å². The zero-order chi connectivity index (χ0) is 23.3. The van der Waals surface area contributed by atoms with Crippen molar-refractivity contribution in [3.8, 4) is 5.75 Å². The summed E-state index contributed by atoms with van der Waals surface area (Å²) in [6.45, 7) is 2.84. The van der Waals surface area contributed by atoms with Crippen LogP contribution in [0.1, 0.15) is 11.1 Å². The number of nitrogens with zero attached hydrogens (tertiary/aromatic N) is 1. The summed E-state index contributed by atoms with van der Waals surface area (Å²) in [6.07, 6.45) is -0.978. The maximum Gasteiger partial charge on any atom is 0.264 e. The van der Waals surface area contributed by atoms with Gasteiger partial charge in [0, 0.05) is 6.54 Å². The number of carbonyl (C=O) groups is 1. The highest BCUT2D eigenvalue weighted by Crippen LogP contribution is 2.36. The Morgan fingerprint density at radius 1 is 1.03 bits per heavy atom. The van der Waals surface area contributed by atoms with Gasteiger partial charge in [-0.2, -0.15) is 0 Å². The van der Waals surface area contributed by atoms with Gasteiger partial charge in [-0.1, -0.05) is 60.2 Å². The van der Waals surface area contributed by atoms with Crippen molar-refractivity contribution in [2.45, 2.75) is 24.5 Å². The highest BCUT2D eigenvalue weighted by molar-refractivity contribution is 7.92. The van der Waals surface area contributed by atoms with E-state index < -0.39 is 22.0 Å². The molecule has 0 saturated carbocycles. The van der Waals surface area contributed by atoms with Crippen LogP contribution in [0.2, 0.25) is 0 Å². The van der Waals surface area contributed by atoms with Gasteiger partial charge >= 0.3 is 0 Å². The number of fused-ring (bicyclic) bond motifs is 1. The second-order valence-electron chi connectivity index (χ2n) is 7.75. The van der Waals surface area contributed by atoms with Crippen LogP contribution < -0.4 is 14.4 Å². The van der Waals surface area contributed by atoms with Crippen LogP contribution in [-0.2, 0) is 26.2 Å². The van der Waals surface area contributed by atoms with Gasteiger partial charge in [0.1, 0.15) is 5.75 Å². The maximum atomic E-state index is 13.4. The Bertz CT molecular complexity index is 1200. The summed E-state index contributed by atoms with van der Waals surface area (Å²) in [6, 6.07) is 23.2. The SMILES string of the molecule is Cc1ccc(S(=O)(=O)N2C[C@@H](C(=O)NCCOCc3ccccc3)Oc3ccccc32)cc1. The lowest BCUT2D eigenvalue weighted by molar-refractivity contribution is -0.128. The Morgan fingerprint density at radius 3 is 2.48 bits per heavy atom. The van der Waals surface area contributed by atoms with Crippen molar-refractivity contribution in [3.05, 3.63) is 90.0 Å². The number of anilines is 1. The molecule has 0 aliphatic carbocycles. The van der Waals surface area contributed by atoms with Gasteiger partial charge < -0.3 is 14.8 Å². The molecule has 0 bridgehead atoms. The number of amides is 1. The number of benzene rings is 3. The summed E-state index contributed by atoms with van der Waals surface area (Å²) in [7, 11) is -3.87. The molecule has 0 aromatic heterocycles. The van der Waals surface area contributed by atoms with Crippen LogP contribution in [0.3, 0.4) is 0 Å². The van der Waals surface area contributed by atoms with Crippen molar-refractivity contribution in [1.29, 1.82) is 0 Å². The van der Waals surface area contributed by atoms with E-state index in [9.17, 15) is 13.2 Å². The number of aryl methyl sites for hydroxylation is 1. The van der Waals surface area contributed by atoms with Gasteiger partial charge in [-0.25, -0.2) is 8.42 Å². The highest BCUT2D eigenvalue weighted by Gasteiger charge is 2.37. The molecule has 1 aliphatic rings. The molecule has 33 heavy (non-hydrogen) atoms. The number of para-hydroxylation sites is 2. The molecule has 0 spiro atoms. The molecule has 3 aromatic carbocycles. The first-order valence-corrected chi connectivity index (χ1v) is 12.1. The maximum absolute atomic E-state index is 13.4. The molecule has 0 fully saturated rings. The van der Waals surface area contributed by atoms with Gasteiger partial charge in [-0.05, 0) is 36.8 Å². The first-order chi connectivity index (χ1) is 15.9. The third kappa shape index (κ3) is 5.35. The van der Waals surface area contributed by atoms with Crippen molar-refractivity contribution in [3.63, 3.8) is 0 Å². The lowest BCUT2D eigenvalue weighted by Gasteiger charge is -2.34. The number of hydrogen-bond donors (Lipinski definition) is 1. The average Bonchev–Trinajstić information content (AvgIpc) is 2.84. The summed E-state index contributed by atoms with van der Waals surface area (Å²) in [5.74, 6) is -0.0446. The Morgan fingerprint density at radius 2 is 1.73 bits per heavy atom. The zero-order valence-electron chi connectivity index (χ0n) is 18.3. The van der Waals surface area contributed by atoms with E-state index in [2.05, 4.69) is 5.32 Å². The van der Waals surface area contributed by atoms with Gasteiger partial charge in [0.25, 0.3) is 15.9 Å². The molecule has 1 atom stereocenters. The van der Waals surface area contributed by atoms with E-state index >= 15 is 0 Å². The van der Waals surface area contributed by atoms with Crippen LogP contribution in [0.5, 0.6) is 5.75 Å². The Kier molecular flexibility index (Phi) is 6.96. The van der Waals surface area contributed by atoms with Crippen LogP contribution in [-0.4, -0.2) is 40.1 Å². The molecule has 7 nitrogen and oxygen atoms in total. The van der Waals surface area contributed by atoms with Gasteiger partial charge in [0.05, 0.1) is 30.3 Å². The third-order valence-electron chi connectivity index (χ3n) is 5.29. The smallest absolute Gasteiger partial charge is 0.264 e. The fraction of sp³-hybridized carbons (Fsp3) is 0.240. The molecule has 0 radical (unpaired) electrons. The lowest BCUT2D eigenvalue weighted by atomic mass is 10.2. The lowest BCUT2D eigenvalue weighted by Crippen LogP contribution is -2.51. The van der Waals surface area contributed by atoms with E-state index in [4.69, 9.17) is 9.47 Å². The quantitative estimate of drug-likeness (QED) is 0.515. The van der Waals surface area contributed by atoms with E-state index in [1.165, 1.54) is 4.31 Å². The van der Waals surface area contributed by atoms with Crippen LogP contribution in [0.15, 0.2) is 83.8 Å². The van der Waals surface area contributed by atoms with E-state index in [1.54, 1.807) is 48.5 Å². The number of hydrogen-bond acceptors (Lipinski definition) is 5. The minimum atomic E-state index is -3.87. The molecule has 4 rings (SSSR count). The van der Waals surface area contributed by atoms with E-state index in [0.717, 1.165) is 11.1 Å². The minimum Gasteiger partial charge on any atom is -0.476 e. The van der Waals surface area contributed by atoms with Crippen LogP contribution >= 0.6 is 0 Å². The van der Waals surface area contributed by atoms with E-state index in [-0.39, 0.29) is 18.0 Å². The summed E-state index contributed by atoms with van der Waals surface area (Å²) < 4.78 is 39.4. The normalized spacial score (nSPS) is 15.4. The molecule has 0 saturated heterocycles. The summed E-state index contributed by atoms with van der Waals surface area (Å²) in [4.78, 5) is 12.9. The molecule has 1 heterocycles. The molecule has 3 aromatic rings. The number of nitrogens with one attached hydrogen (secondary N) is 1. The third-order valence-corrected chi connectivity index (χ3v) is 7.09. The molecule has 0 unspecified atom stereocenters. The standard InChI is InChI=1S/C25H26N2O5S/c1-19-11-13-21(14-12-19)33(29,30)27-17-24(32-23-10-6-5-9-22(23)27)25(28)26-15-16-31-18-20-7-3-2-4-8-20/h2-14,24H,15-18H2,1H3,(H,26,28)/t24-/m0/s1. The Balaban J connectivity index is 1.42. The van der Waals surface area contributed by atoms with Crippen molar-refractivity contribution in [1.82, 2.24) is 5.32 Å². The molecule has 172 valence electrons. The van der Waals surface area contributed by atoms with Crippen molar-refractivity contribution in [2.75, 3.05) is 24.0 Å². The summed E-state index contributed by atoms with van der Waals surface area (Å²) in [5.41, 5.74) is 2.42. The molecular weight excluding hydrogens is 440 g/mol.